The Kier molecular flexibility index (Phi) is 6.28. The van der Waals surface area contributed by atoms with Crippen molar-refractivity contribution in [3.63, 3.8) is 0 Å². The van der Waals surface area contributed by atoms with Crippen LogP contribution in [-0.2, 0) is 4.74 Å². The van der Waals surface area contributed by atoms with Crippen molar-refractivity contribution >= 4 is 0 Å². The second-order valence-corrected chi connectivity index (χ2v) is 7.25. The van der Waals surface area contributed by atoms with Gasteiger partial charge >= 0.3 is 0 Å². The Morgan fingerprint density at radius 2 is 1.79 bits per heavy atom. The van der Waals surface area contributed by atoms with Crippen molar-refractivity contribution in [3.8, 4) is 0 Å². The maximum Gasteiger partial charge on any atom is 0.0678 e. The Bertz CT molecular complexity index is 263. The van der Waals surface area contributed by atoms with E-state index >= 15 is 0 Å². The monoisotopic (exact) mass is 270 g/mol. The zero-order chi connectivity index (χ0) is 14.5. The van der Waals surface area contributed by atoms with E-state index in [0.717, 1.165) is 12.8 Å². The highest BCUT2D eigenvalue weighted by Gasteiger charge is 2.48. The zero-order valence-electron chi connectivity index (χ0n) is 13.6. The summed E-state index contributed by atoms with van der Waals surface area (Å²) in [7, 11) is 0. The average molecular weight is 270 g/mol. The Morgan fingerprint density at radius 1 is 1.16 bits per heavy atom. The Morgan fingerprint density at radius 3 is 2.26 bits per heavy atom. The van der Waals surface area contributed by atoms with Gasteiger partial charge in [-0.05, 0) is 40.5 Å². The molecule has 0 aromatic rings. The fourth-order valence-corrected chi connectivity index (χ4v) is 3.60. The molecule has 1 aliphatic heterocycles. The zero-order valence-corrected chi connectivity index (χ0v) is 13.6. The maximum atomic E-state index is 6.18. The summed E-state index contributed by atoms with van der Waals surface area (Å²) in [4.78, 5) is 0. The third-order valence-electron chi connectivity index (χ3n) is 4.46. The van der Waals surface area contributed by atoms with E-state index in [-0.39, 0.29) is 11.2 Å². The van der Waals surface area contributed by atoms with E-state index in [1.165, 1.54) is 32.1 Å². The molecule has 114 valence electrons. The van der Waals surface area contributed by atoms with Crippen LogP contribution in [0.4, 0.5) is 0 Å². The predicted molar refractivity (Wildman–Crippen MR) is 81.8 cm³/mol. The van der Waals surface area contributed by atoms with Gasteiger partial charge in [0.05, 0.1) is 11.2 Å². The summed E-state index contributed by atoms with van der Waals surface area (Å²) in [6.45, 7) is 11.0. The summed E-state index contributed by atoms with van der Waals surface area (Å²) in [5.41, 5.74) is 2.95. The van der Waals surface area contributed by atoms with Crippen molar-refractivity contribution in [3.05, 3.63) is 0 Å². The van der Waals surface area contributed by atoms with Crippen molar-refractivity contribution < 1.29 is 4.74 Å². The smallest absolute Gasteiger partial charge is 0.0678 e. The number of nitrogens with two attached hydrogens (primary N) is 1. The van der Waals surface area contributed by atoms with E-state index in [2.05, 4.69) is 40.0 Å². The normalized spacial score (nSPS) is 26.5. The number of hydrazine groups is 1. The van der Waals surface area contributed by atoms with Gasteiger partial charge in [0.25, 0.3) is 0 Å². The van der Waals surface area contributed by atoms with Gasteiger partial charge < -0.3 is 4.74 Å². The molecule has 3 N–H and O–H groups in total. The van der Waals surface area contributed by atoms with Crippen LogP contribution in [-0.4, -0.2) is 17.2 Å². The third-order valence-corrected chi connectivity index (χ3v) is 4.46. The summed E-state index contributed by atoms with van der Waals surface area (Å²) >= 11 is 0. The quantitative estimate of drug-likeness (QED) is 0.401. The highest BCUT2D eigenvalue weighted by Crippen LogP contribution is 2.44. The van der Waals surface area contributed by atoms with Crippen LogP contribution in [0, 0.1) is 5.92 Å². The largest absolute Gasteiger partial charge is 0.369 e. The molecule has 0 spiro atoms. The van der Waals surface area contributed by atoms with Crippen molar-refractivity contribution in [1.29, 1.82) is 0 Å². The first kappa shape index (κ1) is 16.9. The average Bonchev–Trinajstić information content (AvgIpc) is 2.52. The van der Waals surface area contributed by atoms with E-state index < -0.39 is 0 Å². The lowest BCUT2D eigenvalue weighted by molar-refractivity contribution is -0.0779. The number of hydrogen-bond acceptors (Lipinski definition) is 3. The Labute approximate surface area is 119 Å². The molecule has 3 heteroatoms. The van der Waals surface area contributed by atoms with Gasteiger partial charge in [-0.2, -0.15) is 0 Å². The van der Waals surface area contributed by atoms with Crippen LogP contribution >= 0.6 is 0 Å². The number of rotatable bonds is 8. The van der Waals surface area contributed by atoms with Crippen molar-refractivity contribution in [1.82, 2.24) is 5.43 Å². The lowest BCUT2D eigenvalue weighted by atomic mass is 9.80. The van der Waals surface area contributed by atoms with Gasteiger partial charge in [0.2, 0.25) is 0 Å². The summed E-state index contributed by atoms with van der Waals surface area (Å²) < 4.78 is 6.18. The van der Waals surface area contributed by atoms with Crippen LogP contribution < -0.4 is 11.3 Å². The molecule has 0 aromatic heterocycles. The molecular formula is C16H34N2O. The molecule has 1 aliphatic rings. The number of hydrogen-bond donors (Lipinski definition) is 2. The van der Waals surface area contributed by atoms with E-state index in [4.69, 9.17) is 10.6 Å². The maximum absolute atomic E-state index is 6.18. The fourth-order valence-electron chi connectivity index (χ4n) is 3.60. The van der Waals surface area contributed by atoms with Gasteiger partial charge in [-0.3, -0.25) is 11.3 Å². The van der Waals surface area contributed by atoms with Gasteiger partial charge in [-0.25, -0.2) is 0 Å². The summed E-state index contributed by atoms with van der Waals surface area (Å²) in [6.07, 6.45) is 8.84. The van der Waals surface area contributed by atoms with Gasteiger partial charge in [0.1, 0.15) is 0 Å². The highest BCUT2D eigenvalue weighted by atomic mass is 16.5. The molecule has 0 amide bonds. The lowest BCUT2D eigenvalue weighted by Gasteiger charge is -2.32. The van der Waals surface area contributed by atoms with Crippen LogP contribution in [0.2, 0.25) is 0 Å². The topological polar surface area (TPSA) is 47.3 Å². The summed E-state index contributed by atoms with van der Waals surface area (Å²) in [5, 5.41) is 0. The highest BCUT2D eigenvalue weighted by molar-refractivity contribution is 4.98. The minimum Gasteiger partial charge on any atom is -0.369 e. The number of ether oxygens (including phenoxy) is 1. The molecule has 1 saturated heterocycles. The minimum absolute atomic E-state index is 0.0223. The van der Waals surface area contributed by atoms with E-state index in [1.54, 1.807) is 0 Å². The van der Waals surface area contributed by atoms with Gasteiger partial charge in [0.15, 0.2) is 0 Å². The Hall–Kier alpha value is -0.120. The molecule has 3 nitrogen and oxygen atoms in total. The van der Waals surface area contributed by atoms with Crippen LogP contribution in [0.1, 0.15) is 79.6 Å². The Balaban J connectivity index is 2.46. The van der Waals surface area contributed by atoms with Crippen molar-refractivity contribution in [2.24, 2.45) is 11.8 Å². The standard InChI is InChI=1S/C16H34N2O/c1-6-7-8-9-10-11-14(18-17)13-12-15(2,3)19-16(13,4)5/h13-14,18H,6-12,17H2,1-5H3. The van der Waals surface area contributed by atoms with Crippen LogP contribution in [0.5, 0.6) is 0 Å². The molecule has 1 fully saturated rings. The molecule has 0 bridgehead atoms. The first-order valence-electron chi connectivity index (χ1n) is 7.98. The van der Waals surface area contributed by atoms with E-state index in [9.17, 15) is 0 Å². The molecule has 2 atom stereocenters. The molecule has 0 saturated carbocycles. The third kappa shape index (κ3) is 5.05. The molecule has 19 heavy (non-hydrogen) atoms. The molecule has 0 aromatic carbocycles. The molecule has 1 heterocycles. The second-order valence-electron chi connectivity index (χ2n) is 7.25. The van der Waals surface area contributed by atoms with Crippen LogP contribution in [0.3, 0.4) is 0 Å². The molecule has 2 unspecified atom stereocenters. The molecule has 0 radical (unpaired) electrons. The molecule has 1 rings (SSSR count). The van der Waals surface area contributed by atoms with Crippen molar-refractivity contribution in [2.75, 3.05) is 0 Å². The molecule has 0 aliphatic carbocycles. The van der Waals surface area contributed by atoms with Crippen LogP contribution in [0.15, 0.2) is 0 Å². The van der Waals surface area contributed by atoms with Gasteiger partial charge in [-0.1, -0.05) is 39.0 Å². The predicted octanol–water partition coefficient (Wildman–Crippen LogP) is 3.77. The van der Waals surface area contributed by atoms with E-state index in [1.807, 2.05) is 0 Å². The van der Waals surface area contributed by atoms with Gasteiger partial charge in [0, 0.05) is 12.0 Å². The fraction of sp³-hybridized carbons (Fsp3) is 1.00. The number of nitrogens with one attached hydrogen (secondary N) is 1. The summed E-state index contributed by atoms with van der Waals surface area (Å²) in [5.74, 6) is 6.30. The van der Waals surface area contributed by atoms with Gasteiger partial charge in [-0.15, -0.1) is 0 Å². The SMILES string of the molecule is CCCCCCCC(NN)C1CC(C)(C)OC1(C)C. The van der Waals surface area contributed by atoms with Crippen LogP contribution in [0.25, 0.3) is 0 Å². The number of unbranched alkanes of at least 4 members (excludes halogenated alkanes) is 4. The summed E-state index contributed by atoms with van der Waals surface area (Å²) in [6, 6.07) is 0.374. The first-order chi connectivity index (χ1) is 8.82. The van der Waals surface area contributed by atoms with E-state index in [0.29, 0.717) is 12.0 Å². The molecular weight excluding hydrogens is 236 g/mol. The lowest BCUT2D eigenvalue weighted by Crippen LogP contribution is -2.47. The van der Waals surface area contributed by atoms with Crippen molar-refractivity contribution in [2.45, 2.75) is 96.8 Å². The minimum atomic E-state index is -0.0794. The first-order valence-corrected chi connectivity index (χ1v) is 7.98. The second kappa shape index (κ2) is 7.05.